The fraction of sp³-hybridized carbons (Fsp3) is 0.500. The van der Waals surface area contributed by atoms with Crippen LogP contribution in [0.3, 0.4) is 0 Å². The van der Waals surface area contributed by atoms with Crippen molar-refractivity contribution < 1.29 is 4.79 Å². The second kappa shape index (κ2) is 3.49. The fourth-order valence-electron chi connectivity index (χ4n) is 1.49. The van der Waals surface area contributed by atoms with Crippen molar-refractivity contribution >= 4 is 5.78 Å². The smallest absolute Gasteiger partial charge is 0.313 e. The minimum absolute atomic E-state index is 0.0512. The third-order valence-corrected chi connectivity index (χ3v) is 2.58. The first-order valence-electron chi connectivity index (χ1n) is 4.93. The van der Waals surface area contributed by atoms with Crippen molar-refractivity contribution in [1.82, 2.24) is 9.55 Å². The van der Waals surface area contributed by atoms with Crippen molar-refractivity contribution in [3.63, 3.8) is 0 Å². The number of aromatic nitrogens is 2. The summed E-state index contributed by atoms with van der Waals surface area (Å²) in [4.78, 5) is 36.6. The monoisotopic (exact) mass is 208 g/mol. The van der Waals surface area contributed by atoms with Crippen LogP contribution in [-0.4, -0.2) is 15.3 Å². The topological polar surface area (TPSA) is 71.9 Å². The van der Waals surface area contributed by atoms with Crippen LogP contribution in [0.1, 0.15) is 30.1 Å². The van der Waals surface area contributed by atoms with E-state index in [-0.39, 0.29) is 11.3 Å². The SMILES string of the molecule is CC(=O)c1c[nH]c(=O)n(CC2CC2)c1=O. The second-order valence-electron chi connectivity index (χ2n) is 3.92. The number of H-pyrrole nitrogens is 1. The average Bonchev–Trinajstić information content (AvgIpc) is 2.95. The van der Waals surface area contributed by atoms with E-state index in [2.05, 4.69) is 4.98 Å². The molecule has 1 aliphatic carbocycles. The molecule has 0 aliphatic heterocycles. The number of Topliss-reactive ketones (excluding diaryl/α,β-unsaturated/α-hetero) is 1. The molecule has 0 amide bonds. The van der Waals surface area contributed by atoms with Gasteiger partial charge in [-0.2, -0.15) is 0 Å². The fourth-order valence-corrected chi connectivity index (χ4v) is 1.49. The van der Waals surface area contributed by atoms with Gasteiger partial charge < -0.3 is 4.98 Å². The molecule has 2 rings (SSSR count). The van der Waals surface area contributed by atoms with Gasteiger partial charge in [0.2, 0.25) is 0 Å². The van der Waals surface area contributed by atoms with E-state index in [4.69, 9.17) is 0 Å². The van der Waals surface area contributed by atoms with Gasteiger partial charge >= 0.3 is 5.69 Å². The first-order valence-corrected chi connectivity index (χ1v) is 4.93. The molecule has 5 nitrogen and oxygen atoms in total. The zero-order valence-electron chi connectivity index (χ0n) is 8.45. The van der Waals surface area contributed by atoms with Crippen LogP contribution in [0.2, 0.25) is 0 Å². The van der Waals surface area contributed by atoms with Crippen molar-refractivity contribution in [3.05, 3.63) is 32.6 Å². The molecule has 80 valence electrons. The van der Waals surface area contributed by atoms with Gasteiger partial charge in [0.1, 0.15) is 0 Å². The van der Waals surface area contributed by atoms with Gasteiger partial charge in [0.15, 0.2) is 5.78 Å². The van der Waals surface area contributed by atoms with E-state index < -0.39 is 11.2 Å². The lowest BCUT2D eigenvalue weighted by atomic mass is 10.2. The Hall–Kier alpha value is -1.65. The average molecular weight is 208 g/mol. The highest BCUT2D eigenvalue weighted by Crippen LogP contribution is 2.29. The Morgan fingerprint density at radius 3 is 2.73 bits per heavy atom. The zero-order chi connectivity index (χ0) is 11.0. The van der Waals surface area contributed by atoms with Gasteiger partial charge in [-0.15, -0.1) is 0 Å². The predicted octanol–water partition coefficient (Wildman–Crippen LogP) is 0.149. The number of ketones is 1. The molecule has 0 radical (unpaired) electrons. The van der Waals surface area contributed by atoms with Crippen molar-refractivity contribution in [2.24, 2.45) is 5.92 Å². The lowest BCUT2D eigenvalue weighted by Crippen LogP contribution is -2.38. The largest absolute Gasteiger partial charge is 0.328 e. The molecule has 0 unspecified atom stereocenters. The van der Waals surface area contributed by atoms with E-state index in [1.54, 1.807) is 0 Å². The minimum atomic E-state index is -0.474. The molecule has 1 aliphatic rings. The van der Waals surface area contributed by atoms with E-state index in [1.165, 1.54) is 13.1 Å². The van der Waals surface area contributed by atoms with Gasteiger partial charge in [0, 0.05) is 12.7 Å². The molecule has 0 atom stereocenters. The maximum atomic E-state index is 11.7. The van der Waals surface area contributed by atoms with E-state index >= 15 is 0 Å². The van der Waals surface area contributed by atoms with E-state index in [9.17, 15) is 14.4 Å². The quantitative estimate of drug-likeness (QED) is 0.718. The Bertz CT molecular complexity index is 508. The van der Waals surface area contributed by atoms with E-state index in [0.717, 1.165) is 17.4 Å². The first-order chi connectivity index (χ1) is 7.09. The standard InChI is InChI=1S/C10H12N2O3/c1-6(13)8-4-11-10(15)12(9(8)14)5-7-2-3-7/h4,7H,2-3,5H2,1H3,(H,11,15). The van der Waals surface area contributed by atoms with Crippen molar-refractivity contribution in [3.8, 4) is 0 Å². The minimum Gasteiger partial charge on any atom is -0.313 e. The number of aromatic amines is 1. The molecule has 1 aromatic heterocycles. The Labute approximate surface area is 85.7 Å². The maximum absolute atomic E-state index is 11.7. The zero-order valence-corrected chi connectivity index (χ0v) is 8.45. The molecule has 0 spiro atoms. The number of rotatable bonds is 3. The molecular formula is C10H12N2O3. The Morgan fingerprint density at radius 1 is 1.53 bits per heavy atom. The molecule has 1 N–H and O–H groups in total. The van der Waals surface area contributed by atoms with Gasteiger partial charge in [-0.25, -0.2) is 4.79 Å². The summed E-state index contributed by atoms with van der Waals surface area (Å²) < 4.78 is 1.12. The van der Waals surface area contributed by atoms with Gasteiger partial charge in [0.05, 0.1) is 5.56 Å². The Morgan fingerprint density at radius 2 is 2.20 bits per heavy atom. The van der Waals surface area contributed by atoms with Crippen molar-refractivity contribution in [2.45, 2.75) is 26.3 Å². The number of nitrogens with zero attached hydrogens (tertiary/aromatic N) is 1. The van der Waals surface area contributed by atoms with Crippen LogP contribution in [0.15, 0.2) is 15.8 Å². The van der Waals surface area contributed by atoms with Crippen LogP contribution in [-0.2, 0) is 6.54 Å². The summed E-state index contributed by atoms with van der Waals surface area (Å²) in [5.74, 6) is 0.104. The molecule has 0 bridgehead atoms. The molecule has 1 aromatic rings. The van der Waals surface area contributed by atoms with Crippen molar-refractivity contribution in [2.75, 3.05) is 0 Å². The summed E-state index contributed by atoms with van der Waals surface area (Å²) in [5, 5.41) is 0. The summed E-state index contributed by atoms with van der Waals surface area (Å²) >= 11 is 0. The predicted molar refractivity (Wildman–Crippen MR) is 54.1 cm³/mol. The number of hydrogen-bond acceptors (Lipinski definition) is 3. The molecule has 1 saturated carbocycles. The third-order valence-electron chi connectivity index (χ3n) is 2.58. The van der Waals surface area contributed by atoms with E-state index in [0.29, 0.717) is 12.5 Å². The lowest BCUT2D eigenvalue weighted by Gasteiger charge is -2.03. The summed E-state index contributed by atoms with van der Waals surface area (Å²) in [6.45, 7) is 1.74. The van der Waals surface area contributed by atoms with Gasteiger partial charge in [-0.05, 0) is 25.7 Å². The van der Waals surface area contributed by atoms with Crippen LogP contribution in [0.4, 0.5) is 0 Å². The Balaban J connectivity index is 2.50. The van der Waals surface area contributed by atoms with Crippen LogP contribution in [0.5, 0.6) is 0 Å². The van der Waals surface area contributed by atoms with Gasteiger partial charge in [0.25, 0.3) is 5.56 Å². The molecule has 1 heterocycles. The van der Waals surface area contributed by atoms with Crippen molar-refractivity contribution in [1.29, 1.82) is 0 Å². The highest BCUT2D eigenvalue weighted by atomic mass is 16.2. The number of carbonyl (C=O) groups is 1. The highest BCUT2D eigenvalue weighted by molar-refractivity contribution is 5.93. The van der Waals surface area contributed by atoms with Crippen LogP contribution < -0.4 is 11.2 Å². The number of nitrogens with one attached hydrogen (secondary N) is 1. The van der Waals surface area contributed by atoms with Crippen LogP contribution in [0, 0.1) is 5.92 Å². The highest BCUT2D eigenvalue weighted by Gasteiger charge is 2.24. The summed E-state index contributed by atoms with van der Waals surface area (Å²) in [5.41, 5.74) is -0.856. The normalized spacial score (nSPS) is 15.3. The Kier molecular flexibility index (Phi) is 2.30. The van der Waals surface area contributed by atoms with Crippen LogP contribution >= 0.6 is 0 Å². The summed E-state index contributed by atoms with van der Waals surface area (Å²) in [7, 11) is 0. The third kappa shape index (κ3) is 1.91. The molecule has 5 heteroatoms. The maximum Gasteiger partial charge on any atom is 0.328 e. The summed E-state index contributed by atoms with van der Waals surface area (Å²) in [6, 6.07) is 0. The molecule has 1 fully saturated rings. The molecular weight excluding hydrogens is 196 g/mol. The number of carbonyl (C=O) groups excluding carboxylic acids is 1. The lowest BCUT2D eigenvalue weighted by molar-refractivity contribution is 0.101. The van der Waals surface area contributed by atoms with Crippen LogP contribution in [0.25, 0.3) is 0 Å². The molecule has 15 heavy (non-hydrogen) atoms. The first kappa shape index (κ1) is 9.89. The summed E-state index contributed by atoms with van der Waals surface area (Å²) in [6.07, 6.45) is 3.29. The number of hydrogen-bond donors (Lipinski definition) is 1. The second-order valence-corrected chi connectivity index (χ2v) is 3.92. The van der Waals surface area contributed by atoms with Gasteiger partial charge in [-0.3, -0.25) is 14.2 Å². The molecule has 0 saturated heterocycles. The van der Waals surface area contributed by atoms with E-state index in [1.807, 2.05) is 0 Å². The molecule has 0 aromatic carbocycles. The van der Waals surface area contributed by atoms with Gasteiger partial charge in [-0.1, -0.05) is 0 Å².